The average molecular weight is 380 g/mol. The molecule has 1 saturated heterocycles. The minimum Gasteiger partial charge on any atom is -0.354 e. The van der Waals surface area contributed by atoms with Crippen LogP contribution in [0.1, 0.15) is 18.5 Å². The van der Waals surface area contributed by atoms with Crippen molar-refractivity contribution in [1.82, 2.24) is 14.8 Å². The highest BCUT2D eigenvalue weighted by molar-refractivity contribution is 9.10. The van der Waals surface area contributed by atoms with Gasteiger partial charge >= 0.3 is 0 Å². The average Bonchev–Trinajstić information content (AvgIpc) is 3.08. The Kier molecular flexibility index (Phi) is 4.89. The van der Waals surface area contributed by atoms with Crippen LogP contribution in [-0.4, -0.2) is 40.6 Å². The van der Waals surface area contributed by atoms with E-state index in [-0.39, 0.29) is 12.6 Å². The highest BCUT2D eigenvalue weighted by Crippen LogP contribution is 2.30. The van der Waals surface area contributed by atoms with E-state index < -0.39 is 11.5 Å². The summed E-state index contributed by atoms with van der Waals surface area (Å²) in [7, 11) is 0. The molecule has 7 heteroatoms. The molecule has 1 fully saturated rings. The van der Waals surface area contributed by atoms with Crippen molar-refractivity contribution < 1.29 is 14.3 Å². The molecule has 0 aliphatic carbocycles. The van der Waals surface area contributed by atoms with E-state index in [1.54, 1.807) is 11.0 Å². The lowest BCUT2D eigenvalue weighted by Gasteiger charge is -2.34. The van der Waals surface area contributed by atoms with Crippen molar-refractivity contribution in [2.45, 2.75) is 19.4 Å². The normalized spacial score (nSPS) is 18.5. The molecule has 1 atom stereocenters. The van der Waals surface area contributed by atoms with Crippen LogP contribution in [0.3, 0.4) is 0 Å². The van der Waals surface area contributed by atoms with Crippen LogP contribution in [0.5, 0.6) is 0 Å². The molecule has 2 aromatic rings. The van der Waals surface area contributed by atoms with Crippen LogP contribution >= 0.6 is 15.9 Å². The van der Waals surface area contributed by atoms with Crippen LogP contribution in [0.4, 0.5) is 0 Å². The van der Waals surface area contributed by atoms with Gasteiger partial charge in [0.15, 0.2) is 5.78 Å². The highest BCUT2D eigenvalue weighted by atomic mass is 79.9. The van der Waals surface area contributed by atoms with Crippen molar-refractivity contribution in [1.29, 1.82) is 0 Å². The maximum absolute atomic E-state index is 13.1. The monoisotopic (exact) mass is 379 g/mol. The zero-order valence-electron chi connectivity index (χ0n) is 12.8. The molecule has 23 heavy (non-hydrogen) atoms. The van der Waals surface area contributed by atoms with E-state index in [9.17, 15) is 4.79 Å². The topological polar surface area (TPSA) is 66.2 Å². The Bertz CT molecular complexity index is 652. The van der Waals surface area contributed by atoms with Gasteiger partial charge in [0.2, 0.25) is 0 Å². The zero-order chi connectivity index (χ0) is 16.3. The molecule has 1 aromatic heterocycles. The Balaban J connectivity index is 1.86. The third-order valence-electron chi connectivity index (χ3n) is 4.00. The number of Topliss-reactive ketones (excluding diaryl/α,β-unsaturated/α-hetero) is 1. The number of ketones is 1. The second-order valence-corrected chi connectivity index (χ2v) is 6.88. The van der Waals surface area contributed by atoms with Crippen molar-refractivity contribution in [3.05, 3.63) is 47.0 Å². The van der Waals surface area contributed by atoms with Crippen LogP contribution in [0, 0.1) is 5.41 Å². The fourth-order valence-corrected chi connectivity index (χ4v) is 2.97. The molecule has 1 unspecified atom stereocenters. The van der Waals surface area contributed by atoms with Gasteiger partial charge in [0.05, 0.1) is 18.6 Å². The molecule has 3 rings (SSSR count). The maximum Gasteiger partial charge on any atom is 0.168 e. The smallest absolute Gasteiger partial charge is 0.168 e. The molecule has 122 valence electrons. The van der Waals surface area contributed by atoms with E-state index in [1.807, 2.05) is 31.2 Å². The van der Waals surface area contributed by atoms with Crippen molar-refractivity contribution in [3.8, 4) is 0 Å². The van der Waals surface area contributed by atoms with Gasteiger partial charge in [-0.25, -0.2) is 9.67 Å². The van der Waals surface area contributed by atoms with E-state index in [0.717, 1.165) is 10.0 Å². The van der Waals surface area contributed by atoms with Gasteiger partial charge in [0.1, 0.15) is 25.5 Å². The van der Waals surface area contributed by atoms with Crippen molar-refractivity contribution >= 4 is 21.7 Å². The second kappa shape index (κ2) is 6.90. The molecule has 0 saturated carbocycles. The van der Waals surface area contributed by atoms with E-state index >= 15 is 0 Å². The second-order valence-electron chi connectivity index (χ2n) is 5.96. The van der Waals surface area contributed by atoms with Gasteiger partial charge in [-0.1, -0.05) is 28.1 Å². The van der Waals surface area contributed by atoms with Gasteiger partial charge in [-0.3, -0.25) is 4.79 Å². The summed E-state index contributed by atoms with van der Waals surface area (Å²) in [5.41, 5.74) is 0.382. The summed E-state index contributed by atoms with van der Waals surface area (Å²) in [5.74, 6) is 0.0469. The maximum atomic E-state index is 13.1. The Morgan fingerprint density at radius 2 is 2.04 bits per heavy atom. The number of nitrogens with zero attached hydrogens (tertiary/aromatic N) is 3. The number of carbonyl (C=O) groups excluding carboxylic acids is 1. The van der Waals surface area contributed by atoms with Gasteiger partial charge < -0.3 is 9.47 Å². The van der Waals surface area contributed by atoms with Gasteiger partial charge in [0, 0.05) is 10.9 Å². The first-order valence-electron chi connectivity index (χ1n) is 7.37. The summed E-state index contributed by atoms with van der Waals surface area (Å²) in [6, 6.07) is 7.49. The van der Waals surface area contributed by atoms with Crippen LogP contribution in [-0.2, 0) is 20.7 Å². The number of benzene rings is 1. The van der Waals surface area contributed by atoms with Gasteiger partial charge in [-0.2, -0.15) is 5.10 Å². The molecular weight excluding hydrogens is 362 g/mol. The van der Waals surface area contributed by atoms with E-state index in [1.165, 1.54) is 6.33 Å². The van der Waals surface area contributed by atoms with Gasteiger partial charge in [0.25, 0.3) is 0 Å². The summed E-state index contributed by atoms with van der Waals surface area (Å²) in [6.45, 7) is 2.83. The largest absolute Gasteiger partial charge is 0.354 e. The number of halogens is 1. The van der Waals surface area contributed by atoms with E-state index in [2.05, 4.69) is 26.0 Å². The fraction of sp³-hybridized carbons (Fsp3) is 0.438. The van der Waals surface area contributed by atoms with Crippen molar-refractivity contribution in [2.75, 3.05) is 20.0 Å². The minimum absolute atomic E-state index is 0.0469. The summed E-state index contributed by atoms with van der Waals surface area (Å²) < 4.78 is 13.3. The molecule has 1 aromatic carbocycles. The molecule has 1 aliphatic rings. The Morgan fingerprint density at radius 1 is 1.35 bits per heavy atom. The molecule has 0 amide bonds. The third kappa shape index (κ3) is 3.68. The first-order chi connectivity index (χ1) is 11.1. The number of hydrogen-bond donors (Lipinski definition) is 0. The SMILES string of the molecule is CC1(C(=O)C(Cc2ccc(Br)cc2)n2cncn2)COCOC1. The molecular formula is C16H18BrN3O3. The summed E-state index contributed by atoms with van der Waals surface area (Å²) in [6.07, 6.45) is 3.57. The fourth-order valence-electron chi connectivity index (χ4n) is 2.71. The predicted molar refractivity (Wildman–Crippen MR) is 86.8 cm³/mol. The lowest BCUT2D eigenvalue weighted by molar-refractivity contribution is -0.174. The first-order valence-corrected chi connectivity index (χ1v) is 8.16. The minimum atomic E-state index is -0.676. The predicted octanol–water partition coefficient (Wildman–Crippen LogP) is 2.40. The lowest BCUT2D eigenvalue weighted by atomic mass is 9.81. The molecule has 0 radical (unpaired) electrons. The van der Waals surface area contributed by atoms with Crippen LogP contribution in [0.15, 0.2) is 41.4 Å². The Morgan fingerprint density at radius 3 is 2.65 bits per heavy atom. The highest BCUT2D eigenvalue weighted by Gasteiger charge is 2.41. The summed E-state index contributed by atoms with van der Waals surface area (Å²) in [5, 5.41) is 4.17. The molecule has 6 nitrogen and oxygen atoms in total. The molecule has 0 N–H and O–H groups in total. The van der Waals surface area contributed by atoms with Crippen LogP contribution in [0.2, 0.25) is 0 Å². The van der Waals surface area contributed by atoms with Gasteiger partial charge in [-0.05, 0) is 24.6 Å². The van der Waals surface area contributed by atoms with E-state index in [4.69, 9.17) is 9.47 Å². The van der Waals surface area contributed by atoms with Crippen molar-refractivity contribution in [2.24, 2.45) is 5.41 Å². The molecule has 0 bridgehead atoms. The number of carbonyl (C=O) groups is 1. The molecule has 1 aliphatic heterocycles. The Hall–Kier alpha value is -1.57. The number of aromatic nitrogens is 3. The van der Waals surface area contributed by atoms with Gasteiger partial charge in [-0.15, -0.1) is 0 Å². The summed E-state index contributed by atoms with van der Waals surface area (Å²) >= 11 is 3.42. The van der Waals surface area contributed by atoms with E-state index in [0.29, 0.717) is 19.6 Å². The van der Waals surface area contributed by atoms with Crippen LogP contribution in [0.25, 0.3) is 0 Å². The quantitative estimate of drug-likeness (QED) is 0.797. The standard InChI is InChI=1S/C16H18BrN3O3/c1-16(7-22-11-23-8-16)15(21)14(20-10-18-9-19-20)6-12-2-4-13(17)5-3-12/h2-5,9-10,14H,6-8,11H2,1H3. The molecule has 0 spiro atoms. The number of rotatable bonds is 5. The summed E-state index contributed by atoms with van der Waals surface area (Å²) in [4.78, 5) is 17.1. The van der Waals surface area contributed by atoms with Crippen molar-refractivity contribution in [3.63, 3.8) is 0 Å². The zero-order valence-corrected chi connectivity index (χ0v) is 14.4. The number of hydrogen-bond acceptors (Lipinski definition) is 5. The third-order valence-corrected chi connectivity index (χ3v) is 4.53. The lowest BCUT2D eigenvalue weighted by Crippen LogP contribution is -2.45. The first kappa shape index (κ1) is 16.3. The molecule has 2 heterocycles. The van der Waals surface area contributed by atoms with Crippen LogP contribution < -0.4 is 0 Å². The Labute approximate surface area is 142 Å². The number of ether oxygens (including phenoxy) is 2.